The van der Waals surface area contributed by atoms with Crippen molar-refractivity contribution in [2.24, 2.45) is 7.05 Å². The van der Waals surface area contributed by atoms with Crippen LogP contribution in [0.15, 0.2) is 29.0 Å². The van der Waals surface area contributed by atoms with E-state index in [4.69, 9.17) is 4.42 Å². The molecular formula is C11H15N3O. The fourth-order valence-electron chi connectivity index (χ4n) is 1.57. The Labute approximate surface area is 88.9 Å². The lowest BCUT2D eigenvalue weighted by Gasteiger charge is -2.03. The van der Waals surface area contributed by atoms with Gasteiger partial charge in [0.05, 0.1) is 12.5 Å². The summed E-state index contributed by atoms with van der Waals surface area (Å²) < 4.78 is 7.41. The molecule has 1 N–H and O–H groups in total. The number of nitrogens with zero attached hydrogens (tertiary/aromatic N) is 2. The molecule has 0 amide bonds. The summed E-state index contributed by atoms with van der Waals surface area (Å²) >= 11 is 0. The van der Waals surface area contributed by atoms with Gasteiger partial charge in [-0.3, -0.25) is 0 Å². The minimum atomic E-state index is 0.862. The van der Waals surface area contributed by atoms with Gasteiger partial charge in [-0.1, -0.05) is 0 Å². The average Bonchev–Trinajstić information content (AvgIpc) is 2.84. The lowest BCUT2D eigenvalue weighted by atomic mass is 10.3. The van der Waals surface area contributed by atoms with Crippen LogP contribution in [0.3, 0.4) is 0 Å². The van der Waals surface area contributed by atoms with E-state index in [9.17, 15) is 0 Å². The third kappa shape index (κ3) is 1.94. The van der Waals surface area contributed by atoms with E-state index in [1.54, 1.807) is 6.26 Å². The largest absolute Gasteiger partial charge is 0.463 e. The van der Waals surface area contributed by atoms with Crippen LogP contribution < -0.4 is 5.32 Å². The fourth-order valence-corrected chi connectivity index (χ4v) is 1.57. The smallest absolute Gasteiger partial charge is 0.151 e. The van der Waals surface area contributed by atoms with Crippen LogP contribution in [0.5, 0.6) is 0 Å². The molecule has 0 radical (unpaired) electrons. The van der Waals surface area contributed by atoms with Gasteiger partial charge in [-0.25, -0.2) is 4.98 Å². The van der Waals surface area contributed by atoms with Crippen molar-refractivity contribution < 1.29 is 4.42 Å². The first-order chi connectivity index (χ1) is 7.33. The lowest BCUT2D eigenvalue weighted by molar-refractivity contribution is 0.575. The summed E-state index contributed by atoms with van der Waals surface area (Å²) in [5.41, 5.74) is 1.02. The molecule has 0 saturated heterocycles. The average molecular weight is 205 g/mol. The highest BCUT2D eigenvalue weighted by Crippen LogP contribution is 2.19. The molecule has 0 atom stereocenters. The minimum Gasteiger partial charge on any atom is -0.463 e. The molecule has 2 heterocycles. The SMILES string of the molecule is CNCCc1ncc(-c2ccco2)n1C. The van der Waals surface area contributed by atoms with E-state index in [1.807, 2.05) is 32.4 Å². The number of nitrogens with one attached hydrogen (secondary N) is 1. The Kier molecular flexibility index (Phi) is 2.87. The molecule has 2 rings (SSSR count). The number of rotatable bonds is 4. The number of aromatic nitrogens is 2. The standard InChI is InChI=1S/C11H15N3O/c1-12-6-5-11-13-8-9(14(11)2)10-4-3-7-15-10/h3-4,7-8,12H,5-6H2,1-2H3. The van der Waals surface area contributed by atoms with Crippen LogP contribution >= 0.6 is 0 Å². The monoisotopic (exact) mass is 205 g/mol. The third-order valence-corrected chi connectivity index (χ3v) is 2.46. The number of imidazole rings is 1. The molecule has 15 heavy (non-hydrogen) atoms. The van der Waals surface area contributed by atoms with Crippen molar-refractivity contribution in [2.45, 2.75) is 6.42 Å². The number of furan rings is 1. The third-order valence-electron chi connectivity index (χ3n) is 2.46. The first kappa shape index (κ1) is 9.98. The Morgan fingerprint density at radius 1 is 1.53 bits per heavy atom. The molecule has 0 bridgehead atoms. The second-order valence-corrected chi connectivity index (χ2v) is 3.45. The lowest BCUT2D eigenvalue weighted by Crippen LogP contribution is -2.13. The molecule has 2 aromatic rings. The maximum Gasteiger partial charge on any atom is 0.151 e. The zero-order valence-corrected chi connectivity index (χ0v) is 9.03. The van der Waals surface area contributed by atoms with Gasteiger partial charge in [0.1, 0.15) is 11.5 Å². The highest BCUT2D eigenvalue weighted by Gasteiger charge is 2.09. The molecular weight excluding hydrogens is 190 g/mol. The summed E-state index contributed by atoms with van der Waals surface area (Å²) in [6.07, 6.45) is 4.45. The van der Waals surface area contributed by atoms with E-state index in [1.165, 1.54) is 0 Å². The van der Waals surface area contributed by atoms with Gasteiger partial charge in [-0.15, -0.1) is 0 Å². The number of likely N-dealkylation sites (N-methyl/N-ethyl adjacent to an activating group) is 1. The van der Waals surface area contributed by atoms with E-state index >= 15 is 0 Å². The van der Waals surface area contributed by atoms with Crippen molar-refractivity contribution in [2.75, 3.05) is 13.6 Å². The number of hydrogen-bond acceptors (Lipinski definition) is 3. The van der Waals surface area contributed by atoms with Crippen molar-refractivity contribution in [1.82, 2.24) is 14.9 Å². The summed E-state index contributed by atoms with van der Waals surface area (Å²) in [6, 6.07) is 3.83. The van der Waals surface area contributed by atoms with Crippen LogP contribution in [0.25, 0.3) is 11.5 Å². The van der Waals surface area contributed by atoms with E-state index in [0.29, 0.717) is 0 Å². The van der Waals surface area contributed by atoms with Gasteiger partial charge in [-0.05, 0) is 19.2 Å². The molecule has 0 spiro atoms. The van der Waals surface area contributed by atoms with Crippen molar-refractivity contribution in [3.63, 3.8) is 0 Å². The Bertz CT molecular complexity index is 417. The summed E-state index contributed by atoms with van der Waals surface area (Å²) in [6.45, 7) is 0.933. The highest BCUT2D eigenvalue weighted by molar-refractivity contribution is 5.51. The van der Waals surface area contributed by atoms with E-state index in [0.717, 1.165) is 30.2 Å². The van der Waals surface area contributed by atoms with Gasteiger partial charge in [-0.2, -0.15) is 0 Å². The Hall–Kier alpha value is -1.55. The zero-order chi connectivity index (χ0) is 10.7. The van der Waals surface area contributed by atoms with Gasteiger partial charge in [0, 0.05) is 20.0 Å². The van der Waals surface area contributed by atoms with Crippen molar-refractivity contribution in [1.29, 1.82) is 0 Å². The molecule has 0 fully saturated rings. The van der Waals surface area contributed by atoms with E-state index in [2.05, 4.69) is 14.9 Å². The highest BCUT2D eigenvalue weighted by atomic mass is 16.3. The maximum absolute atomic E-state index is 5.34. The number of hydrogen-bond donors (Lipinski definition) is 1. The first-order valence-electron chi connectivity index (χ1n) is 5.02. The van der Waals surface area contributed by atoms with Crippen LogP contribution in [0, 0.1) is 0 Å². The molecule has 80 valence electrons. The molecule has 2 aromatic heterocycles. The summed E-state index contributed by atoms with van der Waals surface area (Å²) in [7, 11) is 3.95. The van der Waals surface area contributed by atoms with Gasteiger partial charge < -0.3 is 14.3 Å². The molecule has 0 aliphatic rings. The Morgan fingerprint density at radius 3 is 3.07 bits per heavy atom. The molecule has 0 aliphatic heterocycles. The van der Waals surface area contributed by atoms with E-state index < -0.39 is 0 Å². The Balaban J connectivity index is 2.24. The zero-order valence-electron chi connectivity index (χ0n) is 9.03. The quantitative estimate of drug-likeness (QED) is 0.821. The molecule has 0 aromatic carbocycles. The predicted molar refractivity (Wildman–Crippen MR) is 58.5 cm³/mol. The molecule has 4 nitrogen and oxygen atoms in total. The maximum atomic E-state index is 5.34. The van der Waals surface area contributed by atoms with Crippen LogP contribution in [0.2, 0.25) is 0 Å². The summed E-state index contributed by atoms with van der Waals surface area (Å²) in [4.78, 5) is 4.37. The van der Waals surface area contributed by atoms with Crippen molar-refractivity contribution in [3.05, 3.63) is 30.4 Å². The topological polar surface area (TPSA) is 43.0 Å². The molecule has 0 saturated carbocycles. The molecule has 0 aliphatic carbocycles. The van der Waals surface area contributed by atoms with Crippen LogP contribution in [-0.4, -0.2) is 23.1 Å². The molecule has 4 heteroatoms. The van der Waals surface area contributed by atoms with Gasteiger partial charge in [0.2, 0.25) is 0 Å². The fraction of sp³-hybridized carbons (Fsp3) is 0.364. The summed E-state index contributed by atoms with van der Waals surface area (Å²) in [5, 5.41) is 3.11. The van der Waals surface area contributed by atoms with Gasteiger partial charge >= 0.3 is 0 Å². The van der Waals surface area contributed by atoms with Crippen LogP contribution in [0.1, 0.15) is 5.82 Å². The summed E-state index contributed by atoms with van der Waals surface area (Å²) in [5.74, 6) is 1.93. The van der Waals surface area contributed by atoms with Crippen LogP contribution in [0.4, 0.5) is 0 Å². The van der Waals surface area contributed by atoms with Crippen molar-refractivity contribution >= 4 is 0 Å². The predicted octanol–water partition coefficient (Wildman–Crippen LogP) is 1.44. The van der Waals surface area contributed by atoms with E-state index in [-0.39, 0.29) is 0 Å². The van der Waals surface area contributed by atoms with Gasteiger partial charge in [0.15, 0.2) is 5.76 Å². The van der Waals surface area contributed by atoms with Crippen LogP contribution in [-0.2, 0) is 13.5 Å². The second-order valence-electron chi connectivity index (χ2n) is 3.45. The van der Waals surface area contributed by atoms with Crippen molar-refractivity contribution in [3.8, 4) is 11.5 Å². The normalized spacial score (nSPS) is 10.8. The first-order valence-corrected chi connectivity index (χ1v) is 5.02. The minimum absolute atomic E-state index is 0.862. The second kappa shape index (κ2) is 4.31. The van der Waals surface area contributed by atoms with Gasteiger partial charge in [0.25, 0.3) is 0 Å². The molecule has 0 unspecified atom stereocenters. The Morgan fingerprint density at radius 2 is 2.40 bits per heavy atom.